The first-order valence-electron chi connectivity index (χ1n) is 8.48. The van der Waals surface area contributed by atoms with Crippen LogP contribution in [0.3, 0.4) is 0 Å². The van der Waals surface area contributed by atoms with Crippen LogP contribution in [0.4, 0.5) is 5.82 Å². The first kappa shape index (κ1) is 16.7. The van der Waals surface area contributed by atoms with Crippen LogP contribution in [-0.4, -0.2) is 21.6 Å². The molecule has 0 radical (unpaired) electrons. The van der Waals surface area contributed by atoms with Crippen LogP contribution in [0, 0.1) is 6.92 Å². The van der Waals surface area contributed by atoms with Crippen molar-refractivity contribution in [3.8, 4) is 11.1 Å². The number of rotatable bonds is 5. The minimum atomic E-state index is -0.595. The largest absolute Gasteiger partial charge is 0.387 e. The van der Waals surface area contributed by atoms with Crippen molar-refractivity contribution >= 4 is 27.4 Å². The highest BCUT2D eigenvalue weighted by Crippen LogP contribution is 2.36. The van der Waals surface area contributed by atoms with Gasteiger partial charge in [0.25, 0.3) is 0 Å². The number of fused-ring (bicyclic) bond motifs is 1. The lowest BCUT2D eigenvalue weighted by Crippen LogP contribution is -2.13. The molecule has 0 bridgehead atoms. The Bertz CT molecular complexity index is 1010. The Kier molecular flexibility index (Phi) is 4.65. The maximum absolute atomic E-state index is 10.4. The number of anilines is 1. The van der Waals surface area contributed by atoms with Crippen LogP contribution < -0.4 is 5.32 Å². The van der Waals surface area contributed by atoms with Crippen LogP contribution in [0.1, 0.15) is 17.2 Å². The molecule has 2 aromatic heterocycles. The maximum Gasteiger partial charge on any atom is 0.138 e. The quantitative estimate of drug-likeness (QED) is 0.535. The molecule has 130 valence electrons. The second-order valence-corrected chi connectivity index (χ2v) is 7.08. The Morgan fingerprint density at radius 1 is 1.04 bits per heavy atom. The first-order valence-corrected chi connectivity index (χ1v) is 9.36. The molecular formula is C21H19N3OS. The Hall–Kier alpha value is -2.76. The standard InChI is InChI=1S/C21H19N3OS/c1-14-7-9-15(10-8-14)17-12-26-21-19(17)20(23-13-24-21)22-11-18(25)16-5-3-2-4-6-16/h2-10,12-13,18,25H,11H2,1H3,(H,22,23,24)/t18-/m0/s1. The van der Waals surface area contributed by atoms with Gasteiger partial charge in [-0.1, -0.05) is 60.2 Å². The van der Waals surface area contributed by atoms with E-state index in [1.54, 1.807) is 17.7 Å². The van der Waals surface area contributed by atoms with Gasteiger partial charge >= 0.3 is 0 Å². The molecule has 0 saturated carbocycles. The maximum atomic E-state index is 10.4. The summed E-state index contributed by atoms with van der Waals surface area (Å²) in [6.07, 6.45) is 0.970. The summed E-state index contributed by atoms with van der Waals surface area (Å²) in [5.74, 6) is 0.752. The summed E-state index contributed by atoms with van der Waals surface area (Å²) in [6, 6.07) is 18.1. The van der Waals surface area contributed by atoms with Crippen molar-refractivity contribution in [2.45, 2.75) is 13.0 Å². The van der Waals surface area contributed by atoms with E-state index in [0.29, 0.717) is 6.54 Å². The second kappa shape index (κ2) is 7.23. The summed E-state index contributed by atoms with van der Waals surface area (Å²) in [5, 5.41) is 16.8. The normalized spacial score (nSPS) is 12.2. The molecule has 0 amide bonds. The van der Waals surface area contributed by atoms with Gasteiger partial charge in [0.05, 0.1) is 11.5 Å². The Morgan fingerprint density at radius 3 is 2.58 bits per heavy atom. The van der Waals surface area contributed by atoms with Crippen LogP contribution in [0.5, 0.6) is 0 Å². The predicted octanol–water partition coefficient (Wildman–Crippen LogP) is 4.81. The zero-order valence-electron chi connectivity index (χ0n) is 14.4. The topological polar surface area (TPSA) is 58.0 Å². The van der Waals surface area contributed by atoms with E-state index in [4.69, 9.17) is 0 Å². The smallest absolute Gasteiger partial charge is 0.138 e. The van der Waals surface area contributed by atoms with Gasteiger partial charge < -0.3 is 10.4 Å². The molecule has 4 aromatic rings. The van der Waals surface area contributed by atoms with Gasteiger partial charge in [-0.25, -0.2) is 9.97 Å². The number of nitrogens with one attached hydrogen (secondary N) is 1. The van der Waals surface area contributed by atoms with Gasteiger partial charge in [0.1, 0.15) is 17.0 Å². The molecule has 0 aliphatic heterocycles. The van der Waals surface area contributed by atoms with E-state index in [0.717, 1.165) is 32.7 Å². The van der Waals surface area contributed by atoms with E-state index in [2.05, 4.69) is 51.9 Å². The van der Waals surface area contributed by atoms with Crippen LogP contribution >= 0.6 is 11.3 Å². The monoisotopic (exact) mass is 361 g/mol. The molecule has 0 unspecified atom stereocenters. The average Bonchev–Trinajstić information content (AvgIpc) is 3.12. The lowest BCUT2D eigenvalue weighted by molar-refractivity contribution is 0.191. The van der Waals surface area contributed by atoms with Crippen molar-refractivity contribution < 1.29 is 5.11 Å². The number of hydrogen-bond donors (Lipinski definition) is 2. The highest BCUT2D eigenvalue weighted by atomic mass is 32.1. The van der Waals surface area contributed by atoms with Gasteiger partial charge in [-0.2, -0.15) is 0 Å². The van der Waals surface area contributed by atoms with E-state index in [9.17, 15) is 5.11 Å². The predicted molar refractivity (Wildman–Crippen MR) is 107 cm³/mol. The second-order valence-electron chi connectivity index (χ2n) is 6.23. The van der Waals surface area contributed by atoms with Gasteiger partial charge in [-0.3, -0.25) is 0 Å². The Morgan fingerprint density at radius 2 is 1.81 bits per heavy atom. The van der Waals surface area contributed by atoms with E-state index in [1.165, 1.54) is 5.56 Å². The zero-order chi connectivity index (χ0) is 17.9. The highest BCUT2D eigenvalue weighted by Gasteiger charge is 2.14. The molecule has 2 heterocycles. The molecule has 4 nitrogen and oxygen atoms in total. The molecular weight excluding hydrogens is 342 g/mol. The summed E-state index contributed by atoms with van der Waals surface area (Å²) in [5.41, 5.74) is 4.37. The minimum Gasteiger partial charge on any atom is -0.387 e. The summed E-state index contributed by atoms with van der Waals surface area (Å²) in [7, 11) is 0. The van der Waals surface area contributed by atoms with Crippen molar-refractivity contribution in [3.63, 3.8) is 0 Å². The third-order valence-corrected chi connectivity index (χ3v) is 5.27. The number of benzene rings is 2. The van der Waals surface area contributed by atoms with Gasteiger partial charge in [-0.15, -0.1) is 11.3 Å². The first-order chi connectivity index (χ1) is 12.7. The lowest BCUT2D eigenvalue weighted by atomic mass is 10.0. The molecule has 0 spiro atoms. The number of aromatic nitrogens is 2. The van der Waals surface area contributed by atoms with Gasteiger partial charge in [0.15, 0.2) is 0 Å². The van der Waals surface area contributed by atoms with Gasteiger partial charge in [0, 0.05) is 17.5 Å². The van der Waals surface area contributed by atoms with E-state index < -0.39 is 6.10 Å². The fourth-order valence-corrected chi connectivity index (χ4v) is 3.86. The fourth-order valence-electron chi connectivity index (χ4n) is 2.94. The number of aliphatic hydroxyl groups is 1. The van der Waals surface area contributed by atoms with Crippen molar-refractivity contribution in [1.82, 2.24) is 9.97 Å². The highest BCUT2D eigenvalue weighted by molar-refractivity contribution is 7.17. The molecule has 1 atom stereocenters. The van der Waals surface area contributed by atoms with Crippen LogP contribution in [0.15, 0.2) is 66.3 Å². The van der Waals surface area contributed by atoms with Crippen molar-refractivity contribution in [1.29, 1.82) is 0 Å². The van der Waals surface area contributed by atoms with E-state index in [-0.39, 0.29) is 0 Å². The number of nitrogens with zero attached hydrogens (tertiary/aromatic N) is 2. The number of thiophene rings is 1. The lowest BCUT2D eigenvalue weighted by Gasteiger charge is -2.13. The number of aliphatic hydroxyl groups excluding tert-OH is 1. The molecule has 26 heavy (non-hydrogen) atoms. The zero-order valence-corrected chi connectivity index (χ0v) is 15.2. The SMILES string of the molecule is Cc1ccc(-c2csc3ncnc(NC[C@H](O)c4ccccc4)c23)cc1. The molecule has 0 fully saturated rings. The molecule has 5 heteroatoms. The minimum absolute atomic E-state index is 0.388. The van der Waals surface area contributed by atoms with Crippen LogP contribution in [-0.2, 0) is 0 Å². The molecule has 2 aromatic carbocycles. The molecule has 2 N–H and O–H groups in total. The Balaban J connectivity index is 1.65. The number of aryl methyl sites for hydroxylation is 1. The molecule has 4 rings (SSSR count). The van der Waals surface area contributed by atoms with Gasteiger partial charge in [-0.05, 0) is 18.1 Å². The third kappa shape index (κ3) is 3.31. The average molecular weight is 361 g/mol. The van der Waals surface area contributed by atoms with Gasteiger partial charge in [0.2, 0.25) is 0 Å². The fraction of sp³-hybridized carbons (Fsp3) is 0.143. The Labute approximate surface area is 156 Å². The van der Waals surface area contributed by atoms with Crippen LogP contribution in [0.25, 0.3) is 21.3 Å². The summed E-state index contributed by atoms with van der Waals surface area (Å²) in [4.78, 5) is 9.75. The number of hydrogen-bond acceptors (Lipinski definition) is 5. The molecule has 0 saturated heterocycles. The van der Waals surface area contributed by atoms with Crippen LogP contribution in [0.2, 0.25) is 0 Å². The van der Waals surface area contributed by atoms with Crippen molar-refractivity contribution in [2.24, 2.45) is 0 Å². The molecule has 0 aliphatic carbocycles. The van der Waals surface area contributed by atoms with E-state index in [1.807, 2.05) is 30.3 Å². The van der Waals surface area contributed by atoms with E-state index >= 15 is 0 Å². The summed E-state index contributed by atoms with van der Waals surface area (Å²) >= 11 is 1.60. The third-order valence-electron chi connectivity index (χ3n) is 4.38. The summed E-state index contributed by atoms with van der Waals surface area (Å²) < 4.78 is 0. The molecule has 0 aliphatic rings. The van der Waals surface area contributed by atoms with Crippen molar-refractivity contribution in [2.75, 3.05) is 11.9 Å². The van der Waals surface area contributed by atoms with Crippen molar-refractivity contribution in [3.05, 3.63) is 77.4 Å². The summed E-state index contributed by atoms with van der Waals surface area (Å²) in [6.45, 7) is 2.47.